The summed E-state index contributed by atoms with van der Waals surface area (Å²) in [7, 11) is 0. The summed E-state index contributed by atoms with van der Waals surface area (Å²) in [5.41, 5.74) is 6.67. The largest absolute Gasteiger partial charge is 0.409 e. The molecule has 0 aromatic heterocycles. The molecule has 0 bridgehead atoms. The number of anilines is 1. The molecule has 112 valence electrons. The molecule has 7 heteroatoms. The minimum absolute atomic E-state index is 0.277. The summed E-state index contributed by atoms with van der Waals surface area (Å²) in [6.07, 6.45) is -4.57. The molecule has 0 spiro atoms. The molecule has 0 fully saturated rings. The fourth-order valence-corrected chi connectivity index (χ4v) is 1.69. The Balaban J connectivity index is 2.80. The number of nitrogens with one attached hydrogen (secondary N) is 1. The van der Waals surface area contributed by atoms with Crippen molar-refractivity contribution in [3.8, 4) is 0 Å². The highest BCUT2D eigenvalue weighted by molar-refractivity contribution is 5.83. The number of oxime groups is 1. The van der Waals surface area contributed by atoms with Gasteiger partial charge in [0.15, 0.2) is 5.84 Å². The number of benzene rings is 1. The van der Waals surface area contributed by atoms with Crippen LogP contribution in [-0.4, -0.2) is 23.8 Å². The Kier molecular flexibility index (Phi) is 5.24. The number of nitrogens with two attached hydrogens (primary N) is 1. The van der Waals surface area contributed by atoms with Crippen LogP contribution in [0.25, 0.3) is 0 Å². The molecule has 1 atom stereocenters. The fourth-order valence-electron chi connectivity index (χ4n) is 1.69. The Hall–Kier alpha value is -1.92. The van der Waals surface area contributed by atoms with Gasteiger partial charge >= 0.3 is 6.18 Å². The van der Waals surface area contributed by atoms with E-state index in [1.54, 1.807) is 18.2 Å². The van der Waals surface area contributed by atoms with Gasteiger partial charge in [0.05, 0.1) is 0 Å². The minimum atomic E-state index is -4.57. The molecule has 0 saturated heterocycles. The third-order valence-electron chi connectivity index (χ3n) is 2.93. The summed E-state index contributed by atoms with van der Waals surface area (Å²) in [5.74, 6) is -2.61. The van der Waals surface area contributed by atoms with Gasteiger partial charge < -0.3 is 16.3 Å². The Morgan fingerprint density at radius 2 is 2.05 bits per heavy atom. The second kappa shape index (κ2) is 6.49. The second-order valence-corrected chi connectivity index (χ2v) is 4.78. The molecule has 1 aromatic carbocycles. The van der Waals surface area contributed by atoms with Crippen LogP contribution in [-0.2, 0) is 0 Å². The van der Waals surface area contributed by atoms with Gasteiger partial charge in [-0.15, -0.1) is 0 Å². The van der Waals surface area contributed by atoms with Gasteiger partial charge in [0.2, 0.25) is 0 Å². The summed E-state index contributed by atoms with van der Waals surface area (Å²) in [6, 6.07) is 7.13. The zero-order chi connectivity index (χ0) is 15.3. The normalized spacial score (nSPS) is 14.4. The molecule has 1 rings (SSSR count). The molecule has 0 amide bonds. The molecule has 1 aromatic rings. The molecule has 0 aliphatic heterocycles. The van der Waals surface area contributed by atoms with E-state index in [0.717, 1.165) is 5.56 Å². The number of nitrogens with zero attached hydrogens (tertiary/aromatic N) is 1. The summed E-state index contributed by atoms with van der Waals surface area (Å²) in [6.45, 7) is 3.50. The maximum Gasteiger partial charge on any atom is 0.400 e. The lowest BCUT2D eigenvalue weighted by Crippen LogP contribution is -2.40. The van der Waals surface area contributed by atoms with E-state index in [4.69, 9.17) is 10.9 Å². The lowest BCUT2D eigenvalue weighted by atomic mass is 10.0. The van der Waals surface area contributed by atoms with E-state index in [9.17, 15) is 13.2 Å². The van der Waals surface area contributed by atoms with Gasteiger partial charge in [0.25, 0.3) is 0 Å². The van der Waals surface area contributed by atoms with Crippen LogP contribution in [0.15, 0.2) is 29.4 Å². The first kappa shape index (κ1) is 16.1. The first-order valence-electron chi connectivity index (χ1n) is 6.13. The molecule has 0 aliphatic rings. The molecule has 0 heterocycles. The van der Waals surface area contributed by atoms with Crippen LogP contribution in [0.2, 0.25) is 0 Å². The van der Waals surface area contributed by atoms with Crippen molar-refractivity contribution in [3.63, 3.8) is 0 Å². The van der Waals surface area contributed by atoms with E-state index < -0.39 is 24.5 Å². The molecular weight excluding hydrogens is 271 g/mol. The van der Waals surface area contributed by atoms with E-state index in [1.165, 1.54) is 0 Å². The van der Waals surface area contributed by atoms with E-state index >= 15 is 0 Å². The highest BCUT2D eigenvalue weighted by Crippen LogP contribution is 2.27. The third-order valence-corrected chi connectivity index (χ3v) is 2.93. The topological polar surface area (TPSA) is 70.6 Å². The van der Waals surface area contributed by atoms with Gasteiger partial charge in [-0.25, -0.2) is 0 Å². The van der Waals surface area contributed by atoms with Gasteiger partial charge in [-0.1, -0.05) is 31.1 Å². The van der Waals surface area contributed by atoms with Crippen molar-refractivity contribution in [2.75, 3.05) is 11.9 Å². The molecule has 20 heavy (non-hydrogen) atoms. The predicted octanol–water partition coefficient (Wildman–Crippen LogP) is 3.15. The average Bonchev–Trinajstić information content (AvgIpc) is 2.37. The predicted molar refractivity (Wildman–Crippen MR) is 72.0 cm³/mol. The van der Waals surface area contributed by atoms with Gasteiger partial charge in [0.1, 0.15) is 5.92 Å². The van der Waals surface area contributed by atoms with Crippen LogP contribution < -0.4 is 11.1 Å². The zero-order valence-electron chi connectivity index (χ0n) is 11.3. The lowest BCUT2D eigenvalue weighted by Gasteiger charge is -2.20. The van der Waals surface area contributed by atoms with E-state index in [2.05, 4.69) is 10.5 Å². The summed E-state index contributed by atoms with van der Waals surface area (Å²) in [5, 5.41) is 13.5. The number of amidine groups is 1. The lowest BCUT2D eigenvalue weighted by molar-refractivity contribution is -0.152. The van der Waals surface area contributed by atoms with Crippen molar-refractivity contribution in [1.29, 1.82) is 0 Å². The monoisotopic (exact) mass is 289 g/mol. The first-order chi connectivity index (χ1) is 9.25. The summed E-state index contributed by atoms with van der Waals surface area (Å²) in [4.78, 5) is 0. The maximum absolute atomic E-state index is 12.8. The van der Waals surface area contributed by atoms with Gasteiger partial charge in [-0.3, -0.25) is 0 Å². The molecule has 1 unspecified atom stereocenters. The van der Waals surface area contributed by atoms with Crippen LogP contribution >= 0.6 is 0 Å². The standard InChI is InChI=1S/C13H18F3N3O/c1-8(2)9-4-3-5-10(6-9)18-7-11(12(17)19-20)13(14,15)16/h3-6,8,11,18,20H,7H2,1-2H3,(H2,17,19). The molecule has 0 radical (unpaired) electrons. The SMILES string of the molecule is CC(C)c1cccc(NCC(/C(N)=N/O)C(F)(F)F)c1. The quantitative estimate of drug-likeness (QED) is 0.337. The van der Waals surface area contributed by atoms with Crippen LogP contribution in [0.5, 0.6) is 0 Å². The Morgan fingerprint density at radius 1 is 1.40 bits per heavy atom. The van der Waals surface area contributed by atoms with Crippen molar-refractivity contribution >= 4 is 11.5 Å². The summed E-state index contributed by atoms with van der Waals surface area (Å²) >= 11 is 0. The highest BCUT2D eigenvalue weighted by atomic mass is 19.4. The fraction of sp³-hybridized carbons (Fsp3) is 0.462. The van der Waals surface area contributed by atoms with Gasteiger partial charge in [0, 0.05) is 12.2 Å². The van der Waals surface area contributed by atoms with Crippen LogP contribution in [0.4, 0.5) is 18.9 Å². The van der Waals surface area contributed by atoms with Gasteiger partial charge in [-0.05, 0) is 23.6 Å². The number of alkyl halides is 3. The number of hydrogen-bond donors (Lipinski definition) is 3. The van der Waals surface area contributed by atoms with Crippen LogP contribution in [0, 0.1) is 5.92 Å². The van der Waals surface area contributed by atoms with Gasteiger partial charge in [-0.2, -0.15) is 13.2 Å². The number of halogens is 3. The van der Waals surface area contributed by atoms with E-state index in [-0.39, 0.29) is 5.92 Å². The summed E-state index contributed by atoms with van der Waals surface area (Å²) < 4.78 is 38.3. The molecule has 0 saturated carbocycles. The zero-order valence-corrected chi connectivity index (χ0v) is 11.3. The Bertz CT molecular complexity index is 472. The Labute approximate surface area is 115 Å². The van der Waals surface area contributed by atoms with E-state index in [0.29, 0.717) is 5.69 Å². The second-order valence-electron chi connectivity index (χ2n) is 4.78. The number of hydrogen-bond acceptors (Lipinski definition) is 3. The van der Waals surface area contributed by atoms with Crippen molar-refractivity contribution in [2.45, 2.75) is 25.9 Å². The average molecular weight is 289 g/mol. The third kappa shape index (κ3) is 4.32. The number of rotatable bonds is 5. The maximum atomic E-state index is 12.8. The highest BCUT2D eigenvalue weighted by Gasteiger charge is 2.42. The van der Waals surface area contributed by atoms with Crippen LogP contribution in [0.3, 0.4) is 0 Å². The van der Waals surface area contributed by atoms with Crippen molar-refractivity contribution in [1.82, 2.24) is 0 Å². The molecule has 4 N–H and O–H groups in total. The Morgan fingerprint density at radius 3 is 2.55 bits per heavy atom. The first-order valence-corrected chi connectivity index (χ1v) is 6.13. The van der Waals surface area contributed by atoms with Crippen LogP contribution in [0.1, 0.15) is 25.3 Å². The van der Waals surface area contributed by atoms with Crippen molar-refractivity contribution < 1.29 is 18.4 Å². The molecule has 4 nitrogen and oxygen atoms in total. The van der Waals surface area contributed by atoms with Crippen molar-refractivity contribution in [2.24, 2.45) is 16.8 Å². The smallest absolute Gasteiger partial charge is 0.400 e. The van der Waals surface area contributed by atoms with Crippen molar-refractivity contribution in [3.05, 3.63) is 29.8 Å². The molecular formula is C13H18F3N3O. The van der Waals surface area contributed by atoms with E-state index in [1.807, 2.05) is 19.9 Å². The minimum Gasteiger partial charge on any atom is -0.409 e. The molecule has 0 aliphatic carbocycles.